The summed E-state index contributed by atoms with van der Waals surface area (Å²) in [5, 5.41) is 6.70. The van der Waals surface area contributed by atoms with Crippen LogP contribution in [0.3, 0.4) is 0 Å². The zero-order chi connectivity index (χ0) is 19.1. The van der Waals surface area contributed by atoms with Gasteiger partial charge in [0.25, 0.3) is 0 Å². The highest BCUT2D eigenvalue weighted by Gasteiger charge is 2.04. The van der Waals surface area contributed by atoms with Crippen LogP contribution in [0.4, 0.5) is 17.3 Å². The first-order valence-corrected chi connectivity index (χ1v) is 9.28. The van der Waals surface area contributed by atoms with Crippen molar-refractivity contribution in [1.29, 1.82) is 0 Å². The Kier molecular flexibility index (Phi) is 6.26. The molecule has 5 nitrogen and oxygen atoms in total. The van der Waals surface area contributed by atoms with Crippen molar-refractivity contribution >= 4 is 17.3 Å². The van der Waals surface area contributed by atoms with Crippen LogP contribution in [0, 0.1) is 12.8 Å². The molecule has 1 heterocycles. The first kappa shape index (κ1) is 18.7. The van der Waals surface area contributed by atoms with Crippen LogP contribution in [0.2, 0.25) is 0 Å². The molecule has 1 aromatic heterocycles. The molecule has 27 heavy (non-hydrogen) atoms. The zero-order valence-corrected chi connectivity index (χ0v) is 16.1. The molecule has 0 saturated heterocycles. The molecule has 2 N–H and O–H groups in total. The number of nitrogens with zero attached hydrogens (tertiary/aromatic N) is 2. The maximum absolute atomic E-state index is 5.82. The van der Waals surface area contributed by atoms with Gasteiger partial charge in [0.15, 0.2) is 0 Å². The summed E-state index contributed by atoms with van der Waals surface area (Å²) in [5.74, 6) is 4.62. The van der Waals surface area contributed by atoms with Gasteiger partial charge in [0.2, 0.25) is 0 Å². The van der Waals surface area contributed by atoms with Crippen LogP contribution < -0.4 is 15.4 Å². The van der Waals surface area contributed by atoms with E-state index in [1.54, 1.807) is 0 Å². The Bertz CT molecular complexity index is 848. The quantitative estimate of drug-likeness (QED) is 0.532. The van der Waals surface area contributed by atoms with Gasteiger partial charge in [-0.2, -0.15) is 0 Å². The van der Waals surface area contributed by atoms with Gasteiger partial charge in [-0.05, 0) is 55.7 Å². The fourth-order valence-electron chi connectivity index (χ4n) is 2.59. The Balaban J connectivity index is 1.63. The summed E-state index contributed by atoms with van der Waals surface area (Å²) in [6, 6.07) is 19.5. The van der Waals surface area contributed by atoms with Gasteiger partial charge in [-0.25, -0.2) is 9.97 Å². The number of ether oxygens (including phenoxy) is 1. The molecular formula is C22H26N4O. The molecule has 3 rings (SSSR count). The molecule has 2 aromatic carbocycles. The van der Waals surface area contributed by atoms with Crippen LogP contribution in [0.5, 0.6) is 11.5 Å². The number of nitrogens with one attached hydrogen (secondary N) is 2. The fourth-order valence-corrected chi connectivity index (χ4v) is 2.59. The first-order chi connectivity index (χ1) is 13.1. The number of aryl methyl sites for hydroxylation is 1. The Hall–Kier alpha value is -3.08. The number of hydrogen-bond donors (Lipinski definition) is 2. The lowest BCUT2D eigenvalue weighted by Gasteiger charge is -2.11. The van der Waals surface area contributed by atoms with Crippen molar-refractivity contribution in [2.75, 3.05) is 17.2 Å². The van der Waals surface area contributed by atoms with E-state index in [0.717, 1.165) is 47.6 Å². The van der Waals surface area contributed by atoms with Crippen LogP contribution in [0.1, 0.15) is 26.1 Å². The van der Waals surface area contributed by atoms with Gasteiger partial charge in [0.1, 0.15) is 29.0 Å². The van der Waals surface area contributed by atoms with Gasteiger partial charge in [-0.1, -0.05) is 32.0 Å². The maximum Gasteiger partial charge on any atom is 0.136 e. The molecule has 140 valence electrons. The van der Waals surface area contributed by atoms with Gasteiger partial charge < -0.3 is 15.4 Å². The molecule has 0 radical (unpaired) electrons. The molecule has 0 aliphatic carbocycles. The summed E-state index contributed by atoms with van der Waals surface area (Å²) in [6.45, 7) is 7.23. The van der Waals surface area contributed by atoms with E-state index in [1.165, 1.54) is 0 Å². The van der Waals surface area contributed by atoms with Gasteiger partial charge >= 0.3 is 0 Å². The van der Waals surface area contributed by atoms with Crippen molar-refractivity contribution in [3.05, 3.63) is 66.5 Å². The molecule has 0 bridgehead atoms. The van der Waals surface area contributed by atoms with Gasteiger partial charge in [0, 0.05) is 18.3 Å². The van der Waals surface area contributed by atoms with E-state index in [1.807, 2.05) is 67.6 Å². The first-order valence-electron chi connectivity index (χ1n) is 9.28. The van der Waals surface area contributed by atoms with Crippen molar-refractivity contribution < 1.29 is 4.74 Å². The molecule has 0 atom stereocenters. The van der Waals surface area contributed by atoms with Crippen LogP contribution in [0.15, 0.2) is 60.7 Å². The Morgan fingerprint density at radius 1 is 0.889 bits per heavy atom. The molecule has 0 saturated carbocycles. The van der Waals surface area contributed by atoms with Crippen LogP contribution in [0.25, 0.3) is 0 Å². The van der Waals surface area contributed by atoms with E-state index in [-0.39, 0.29) is 0 Å². The third-order valence-corrected chi connectivity index (χ3v) is 3.97. The monoisotopic (exact) mass is 362 g/mol. The minimum Gasteiger partial charge on any atom is -0.457 e. The third-order valence-electron chi connectivity index (χ3n) is 3.97. The molecule has 0 aliphatic rings. The Labute approximate surface area is 160 Å². The SMILES string of the molecule is Cc1nc(NCCC(C)C)cc(Nc2ccc(Oc3ccccc3)cc2)n1. The minimum absolute atomic E-state index is 0.662. The predicted molar refractivity (Wildman–Crippen MR) is 111 cm³/mol. The van der Waals surface area contributed by atoms with Gasteiger partial charge in [-0.15, -0.1) is 0 Å². The fraction of sp³-hybridized carbons (Fsp3) is 0.273. The largest absolute Gasteiger partial charge is 0.457 e. The van der Waals surface area contributed by atoms with E-state index in [2.05, 4.69) is 34.4 Å². The van der Waals surface area contributed by atoms with Crippen molar-refractivity contribution in [2.45, 2.75) is 27.2 Å². The lowest BCUT2D eigenvalue weighted by Crippen LogP contribution is -2.08. The molecule has 0 fully saturated rings. The summed E-state index contributed by atoms with van der Waals surface area (Å²) in [5.41, 5.74) is 0.946. The highest BCUT2D eigenvalue weighted by molar-refractivity contribution is 5.60. The summed E-state index contributed by atoms with van der Waals surface area (Å²) in [6.07, 6.45) is 1.11. The average Bonchev–Trinajstić information content (AvgIpc) is 2.63. The molecule has 5 heteroatoms. The molecule has 0 amide bonds. The molecule has 0 unspecified atom stereocenters. The van der Waals surface area contributed by atoms with Crippen LogP contribution in [-0.4, -0.2) is 16.5 Å². The lowest BCUT2D eigenvalue weighted by molar-refractivity contribution is 0.483. The zero-order valence-electron chi connectivity index (χ0n) is 16.1. The second-order valence-electron chi connectivity index (χ2n) is 6.86. The highest BCUT2D eigenvalue weighted by atomic mass is 16.5. The van der Waals surface area contributed by atoms with Crippen molar-refractivity contribution in [1.82, 2.24) is 9.97 Å². The molecule has 3 aromatic rings. The highest BCUT2D eigenvalue weighted by Crippen LogP contribution is 2.24. The van der Waals surface area contributed by atoms with E-state index >= 15 is 0 Å². The third kappa shape index (κ3) is 5.99. The second-order valence-corrected chi connectivity index (χ2v) is 6.86. The van der Waals surface area contributed by atoms with Crippen molar-refractivity contribution in [3.8, 4) is 11.5 Å². The number of aromatic nitrogens is 2. The van der Waals surface area contributed by atoms with E-state index in [0.29, 0.717) is 5.92 Å². The summed E-state index contributed by atoms with van der Waals surface area (Å²) < 4.78 is 5.82. The molecule has 0 aliphatic heterocycles. The van der Waals surface area contributed by atoms with Crippen molar-refractivity contribution in [2.24, 2.45) is 5.92 Å². The Morgan fingerprint density at radius 2 is 1.56 bits per heavy atom. The number of hydrogen-bond acceptors (Lipinski definition) is 5. The van der Waals surface area contributed by atoms with E-state index in [4.69, 9.17) is 4.74 Å². The van der Waals surface area contributed by atoms with Gasteiger partial charge in [-0.3, -0.25) is 0 Å². The normalized spacial score (nSPS) is 10.7. The number of benzene rings is 2. The predicted octanol–water partition coefficient (Wildman–Crippen LogP) is 5.78. The standard InChI is InChI=1S/C22H26N4O/c1-16(2)13-14-23-21-15-22(25-17(3)24-21)26-18-9-11-20(12-10-18)27-19-7-5-4-6-8-19/h4-12,15-16H,13-14H2,1-3H3,(H2,23,24,25,26). The molecule has 0 spiro atoms. The van der Waals surface area contributed by atoms with E-state index < -0.39 is 0 Å². The van der Waals surface area contributed by atoms with Gasteiger partial charge in [0.05, 0.1) is 0 Å². The summed E-state index contributed by atoms with van der Waals surface area (Å²) in [4.78, 5) is 8.92. The lowest BCUT2D eigenvalue weighted by atomic mass is 10.1. The second kappa shape index (κ2) is 9.03. The average molecular weight is 362 g/mol. The number of para-hydroxylation sites is 1. The summed E-state index contributed by atoms with van der Waals surface area (Å²) >= 11 is 0. The number of rotatable bonds is 8. The minimum atomic E-state index is 0.662. The number of anilines is 3. The van der Waals surface area contributed by atoms with Crippen LogP contribution in [-0.2, 0) is 0 Å². The van der Waals surface area contributed by atoms with Crippen molar-refractivity contribution in [3.63, 3.8) is 0 Å². The smallest absolute Gasteiger partial charge is 0.136 e. The van der Waals surface area contributed by atoms with Crippen LogP contribution >= 0.6 is 0 Å². The van der Waals surface area contributed by atoms with E-state index in [9.17, 15) is 0 Å². The summed E-state index contributed by atoms with van der Waals surface area (Å²) in [7, 11) is 0. The molecular weight excluding hydrogens is 336 g/mol. The Morgan fingerprint density at radius 3 is 2.26 bits per heavy atom. The topological polar surface area (TPSA) is 59.1 Å². The maximum atomic E-state index is 5.82.